The van der Waals surface area contributed by atoms with E-state index in [0.717, 1.165) is 12.6 Å². The van der Waals surface area contributed by atoms with Crippen LogP contribution in [-0.2, 0) is 0 Å². The molecule has 0 amide bonds. The predicted molar refractivity (Wildman–Crippen MR) is 84.7 cm³/mol. The smallest absolute Gasteiger partial charge is 0.0243 e. The van der Waals surface area contributed by atoms with Crippen molar-refractivity contribution in [2.24, 2.45) is 5.92 Å². The summed E-state index contributed by atoms with van der Waals surface area (Å²) in [5, 5.41) is 3.68. The van der Waals surface area contributed by atoms with Gasteiger partial charge in [0.1, 0.15) is 0 Å². The van der Waals surface area contributed by atoms with Crippen LogP contribution < -0.4 is 5.32 Å². The molecule has 114 valence electrons. The Morgan fingerprint density at radius 2 is 1.68 bits per heavy atom. The van der Waals surface area contributed by atoms with Gasteiger partial charge in [0.2, 0.25) is 0 Å². The number of piperidine rings is 1. The lowest BCUT2D eigenvalue weighted by Crippen LogP contribution is -2.53. The molecule has 3 heteroatoms. The molecule has 1 N–H and O–H groups in total. The molecule has 1 saturated heterocycles. The Kier molecular flexibility index (Phi) is 6.28. The molecule has 1 aliphatic heterocycles. The highest BCUT2D eigenvalue weighted by Gasteiger charge is 2.28. The van der Waals surface area contributed by atoms with Crippen LogP contribution in [0.4, 0.5) is 0 Å². The van der Waals surface area contributed by atoms with E-state index in [1.165, 1.54) is 25.9 Å². The number of likely N-dealkylation sites (tertiary alicyclic amines) is 1. The van der Waals surface area contributed by atoms with Crippen molar-refractivity contribution in [3.8, 4) is 0 Å². The van der Waals surface area contributed by atoms with Crippen LogP contribution >= 0.6 is 0 Å². The molecule has 1 atom stereocenters. The number of hydrogen-bond acceptors (Lipinski definition) is 3. The third kappa shape index (κ3) is 5.80. The van der Waals surface area contributed by atoms with Gasteiger partial charge in [-0.3, -0.25) is 4.90 Å². The Labute approximate surface area is 120 Å². The third-order valence-electron chi connectivity index (χ3n) is 4.31. The molecule has 0 spiro atoms. The maximum atomic E-state index is 3.68. The Bertz CT molecular complexity index is 247. The van der Waals surface area contributed by atoms with E-state index in [9.17, 15) is 0 Å². The molecule has 0 saturated carbocycles. The molecule has 1 rings (SSSR count). The predicted octanol–water partition coefficient (Wildman–Crippen LogP) is 2.43. The first kappa shape index (κ1) is 16.9. The second-order valence-corrected chi connectivity index (χ2v) is 7.67. The van der Waals surface area contributed by atoms with Crippen molar-refractivity contribution < 1.29 is 0 Å². The molecule has 19 heavy (non-hydrogen) atoms. The summed E-state index contributed by atoms with van der Waals surface area (Å²) >= 11 is 0. The number of nitrogens with one attached hydrogen (secondary N) is 1. The molecule has 3 nitrogen and oxygen atoms in total. The summed E-state index contributed by atoms with van der Waals surface area (Å²) in [6.07, 6.45) is 2.62. The van der Waals surface area contributed by atoms with Crippen LogP contribution in [0.1, 0.15) is 47.5 Å². The van der Waals surface area contributed by atoms with E-state index >= 15 is 0 Å². The summed E-state index contributed by atoms with van der Waals surface area (Å²) in [5.74, 6) is 0.714. The highest BCUT2D eigenvalue weighted by atomic mass is 15.2. The topological polar surface area (TPSA) is 18.5 Å². The molecule has 1 heterocycles. The van der Waals surface area contributed by atoms with Crippen molar-refractivity contribution in [2.75, 3.05) is 33.7 Å². The second kappa shape index (κ2) is 7.05. The lowest BCUT2D eigenvalue weighted by molar-refractivity contribution is 0.0829. The number of nitrogens with zero attached hydrogens (tertiary/aromatic N) is 2. The Morgan fingerprint density at radius 1 is 1.16 bits per heavy atom. The van der Waals surface area contributed by atoms with Crippen LogP contribution in [0, 0.1) is 5.92 Å². The highest BCUT2D eigenvalue weighted by Crippen LogP contribution is 2.20. The van der Waals surface area contributed by atoms with E-state index in [1.807, 2.05) is 0 Å². The SMILES string of the molecule is CC(C)C(CNC(C)(C)C)N1CCC(N(C)C)CC1. The average molecular weight is 269 g/mol. The monoisotopic (exact) mass is 269 g/mol. The molecule has 0 aromatic carbocycles. The largest absolute Gasteiger partial charge is 0.311 e. The zero-order valence-corrected chi connectivity index (χ0v) is 14.2. The molecule has 1 unspecified atom stereocenters. The Morgan fingerprint density at radius 3 is 2.05 bits per heavy atom. The van der Waals surface area contributed by atoms with Crippen molar-refractivity contribution in [1.82, 2.24) is 15.1 Å². The molecule has 0 radical (unpaired) electrons. The van der Waals surface area contributed by atoms with Gasteiger partial charge in [-0.1, -0.05) is 13.8 Å². The van der Waals surface area contributed by atoms with Crippen molar-refractivity contribution in [3.05, 3.63) is 0 Å². The van der Waals surface area contributed by atoms with Crippen LogP contribution in [0.25, 0.3) is 0 Å². The lowest BCUT2D eigenvalue weighted by atomic mass is 9.96. The standard InChI is InChI=1S/C16H35N3/c1-13(2)15(12-17-16(3,4)5)19-10-8-14(9-11-19)18(6)7/h13-15,17H,8-12H2,1-7H3. The Hall–Kier alpha value is -0.120. The molecule has 0 aromatic heterocycles. The highest BCUT2D eigenvalue weighted by molar-refractivity contribution is 4.86. The Balaban J connectivity index is 2.50. The van der Waals surface area contributed by atoms with Gasteiger partial charge in [-0.05, 0) is 66.7 Å². The van der Waals surface area contributed by atoms with Crippen LogP contribution in [0.3, 0.4) is 0 Å². The van der Waals surface area contributed by atoms with E-state index in [-0.39, 0.29) is 5.54 Å². The summed E-state index contributed by atoms with van der Waals surface area (Å²) in [5.41, 5.74) is 0.217. The fraction of sp³-hybridized carbons (Fsp3) is 1.00. The number of rotatable bonds is 5. The van der Waals surface area contributed by atoms with Gasteiger partial charge < -0.3 is 10.2 Å². The van der Waals surface area contributed by atoms with E-state index in [4.69, 9.17) is 0 Å². The van der Waals surface area contributed by atoms with Gasteiger partial charge >= 0.3 is 0 Å². The summed E-state index contributed by atoms with van der Waals surface area (Å²) < 4.78 is 0. The van der Waals surface area contributed by atoms with Crippen LogP contribution in [-0.4, -0.2) is 61.2 Å². The van der Waals surface area contributed by atoms with Gasteiger partial charge in [-0.25, -0.2) is 0 Å². The fourth-order valence-corrected chi connectivity index (χ4v) is 2.93. The lowest BCUT2D eigenvalue weighted by Gasteiger charge is -2.42. The maximum absolute atomic E-state index is 3.68. The van der Waals surface area contributed by atoms with Gasteiger partial charge in [-0.15, -0.1) is 0 Å². The molecule has 0 aliphatic carbocycles. The first-order chi connectivity index (χ1) is 8.70. The average Bonchev–Trinajstić information content (AvgIpc) is 2.27. The van der Waals surface area contributed by atoms with E-state index in [1.54, 1.807) is 0 Å². The van der Waals surface area contributed by atoms with Crippen molar-refractivity contribution >= 4 is 0 Å². The molecule has 0 aromatic rings. The zero-order valence-electron chi connectivity index (χ0n) is 14.2. The first-order valence-corrected chi connectivity index (χ1v) is 7.86. The summed E-state index contributed by atoms with van der Waals surface area (Å²) in [7, 11) is 4.42. The van der Waals surface area contributed by atoms with E-state index < -0.39 is 0 Å². The maximum Gasteiger partial charge on any atom is 0.0243 e. The van der Waals surface area contributed by atoms with Gasteiger partial charge in [0.25, 0.3) is 0 Å². The summed E-state index contributed by atoms with van der Waals surface area (Å²) in [6.45, 7) is 15.1. The van der Waals surface area contributed by atoms with Crippen LogP contribution in [0.5, 0.6) is 0 Å². The van der Waals surface area contributed by atoms with Gasteiger partial charge in [-0.2, -0.15) is 0 Å². The minimum absolute atomic E-state index is 0.217. The quantitative estimate of drug-likeness (QED) is 0.827. The molecule has 1 aliphatic rings. The molecule has 1 fully saturated rings. The number of hydrogen-bond donors (Lipinski definition) is 1. The van der Waals surface area contributed by atoms with Gasteiger partial charge in [0.15, 0.2) is 0 Å². The summed E-state index contributed by atoms with van der Waals surface area (Å²) in [6, 6.07) is 1.45. The minimum Gasteiger partial charge on any atom is -0.311 e. The van der Waals surface area contributed by atoms with Crippen molar-refractivity contribution in [2.45, 2.75) is 65.1 Å². The van der Waals surface area contributed by atoms with Crippen molar-refractivity contribution in [1.29, 1.82) is 0 Å². The van der Waals surface area contributed by atoms with Crippen LogP contribution in [0.15, 0.2) is 0 Å². The zero-order chi connectivity index (χ0) is 14.6. The van der Waals surface area contributed by atoms with Gasteiger partial charge in [0.05, 0.1) is 0 Å². The van der Waals surface area contributed by atoms with Crippen molar-refractivity contribution in [3.63, 3.8) is 0 Å². The molecular formula is C16H35N3. The van der Waals surface area contributed by atoms with Crippen LogP contribution in [0.2, 0.25) is 0 Å². The minimum atomic E-state index is 0.217. The molecular weight excluding hydrogens is 234 g/mol. The fourth-order valence-electron chi connectivity index (χ4n) is 2.93. The van der Waals surface area contributed by atoms with Gasteiger partial charge in [0, 0.05) is 24.2 Å². The molecule has 0 bridgehead atoms. The van der Waals surface area contributed by atoms with E-state index in [0.29, 0.717) is 12.0 Å². The first-order valence-electron chi connectivity index (χ1n) is 7.86. The van der Waals surface area contributed by atoms with E-state index in [2.05, 4.69) is 63.8 Å². The third-order valence-corrected chi connectivity index (χ3v) is 4.31. The summed E-state index contributed by atoms with van der Waals surface area (Å²) in [4.78, 5) is 5.08. The normalized spacial score (nSPS) is 21.3. The second-order valence-electron chi connectivity index (χ2n) is 7.67.